The molecule has 0 bridgehead atoms. The van der Waals surface area contributed by atoms with Gasteiger partial charge in [-0.25, -0.2) is 0 Å². The molecule has 0 saturated heterocycles. The number of hydrogen-bond acceptors (Lipinski definition) is 3. The minimum absolute atomic E-state index is 0.175. The van der Waals surface area contributed by atoms with Gasteiger partial charge >= 0.3 is 0 Å². The van der Waals surface area contributed by atoms with Gasteiger partial charge in [0.25, 0.3) is 5.91 Å². The van der Waals surface area contributed by atoms with Crippen molar-refractivity contribution < 1.29 is 4.79 Å². The lowest BCUT2D eigenvalue weighted by molar-refractivity contribution is 0.0992. The molecule has 1 aromatic heterocycles. The Labute approximate surface area is 111 Å². The lowest BCUT2D eigenvalue weighted by atomic mass is 10.1. The minimum Gasteiger partial charge on any atom is -0.310 e. The van der Waals surface area contributed by atoms with Gasteiger partial charge in [0, 0.05) is 12.7 Å². The molecule has 5 nitrogen and oxygen atoms in total. The highest BCUT2D eigenvalue weighted by molar-refractivity contribution is 6.07. The average Bonchev–Trinajstić information content (AvgIpc) is 2.76. The van der Waals surface area contributed by atoms with E-state index in [1.165, 1.54) is 4.90 Å². The molecule has 0 aliphatic carbocycles. The van der Waals surface area contributed by atoms with Gasteiger partial charge in [-0.3, -0.25) is 9.89 Å². The molecular formula is C14H14N4O. The van der Waals surface area contributed by atoms with Crippen LogP contribution in [0.3, 0.4) is 0 Å². The number of hydrogen-bond donors (Lipinski definition) is 1. The number of carbonyl (C=O) groups is 1. The van der Waals surface area contributed by atoms with E-state index in [1.807, 2.05) is 0 Å². The molecule has 1 heterocycles. The Morgan fingerprint density at radius 3 is 2.63 bits per heavy atom. The number of nitriles is 1. The Kier molecular flexibility index (Phi) is 3.34. The summed E-state index contributed by atoms with van der Waals surface area (Å²) >= 11 is 0. The van der Waals surface area contributed by atoms with Gasteiger partial charge in [-0.15, -0.1) is 0 Å². The summed E-state index contributed by atoms with van der Waals surface area (Å²) in [6, 6.07) is 9.10. The summed E-state index contributed by atoms with van der Waals surface area (Å²) in [5, 5.41) is 15.9. The smallest absolute Gasteiger partial charge is 0.261 e. The second-order valence-electron chi connectivity index (χ2n) is 4.30. The van der Waals surface area contributed by atoms with Crippen molar-refractivity contribution in [1.82, 2.24) is 10.2 Å². The van der Waals surface area contributed by atoms with Crippen LogP contribution in [0.25, 0.3) is 0 Å². The monoisotopic (exact) mass is 254 g/mol. The van der Waals surface area contributed by atoms with E-state index >= 15 is 0 Å². The SMILES string of the molecule is Cc1n[nH]c(C)c1C(=O)N(C)c1ccccc1C#N. The molecule has 0 unspecified atom stereocenters. The van der Waals surface area contributed by atoms with Crippen molar-refractivity contribution >= 4 is 11.6 Å². The zero-order valence-corrected chi connectivity index (χ0v) is 11.1. The number of anilines is 1. The molecule has 1 amide bonds. The summed E-state index contributed by atoms with van der Waals surface area (Å²) in [4.78, 5) is 13.9. The van der Waals surface area contributed by atoms with Crippen molar-refractivity contribution in [2.24, 2.45) is 0 Å². The molecule has 0 fully saturated rings. The third-order valence-electron chi connectivity index (χ3n) is 3.03. The van der Waals surface area contributed by atoms with Crippen LogP contribution in [0, 0.1) is 25.2 Å². The number of amides is 1. The third kappa shape index (κ3) is 2.20. The Bertz CT molecular complexity index is 647. The maximum atomic E-state index is 12.5. The van der Waals surface area contributed by atoms with Gasteiger partial charge in [0.1, 0.15) is 6.07 Å². The zero-order valence-electron chi connectivity index (χ0n) is 11.1. The van der Waals surface area contributed by atoms with Gasteiger partial charge in [0.15, 0.2) is 0 Å². The lowest BCUT2D eigenvalue weighted by Crippen LogP contribution is -2.27. The number of carbonyl (C=O) groups excluding carboxylic acids is 1. The van der Waals surface area contributed by atoms with Crippen LogP contribution in [0.5, 0.6) is 0 Å². The molecule has 0 aliphatic rings. The number of para-hydroxylation sites is 1. The number of aromatic amines is 1. The molecule has 0 aliphatic heterocycles. The van der Waals surface area contributed by atoms with Crippen LogP contribution in [0.4, 0.5) is 5.69 Å². The third-order valence-corrected chi connectivity index (χ3v) is 3.03. The first-order chi connectivity index (χ1) is 9.06. The van der Waals surface area contributed by atoms with Gasteiger partial charge in [0.2, 0.25) is 0 Å². The molecule has 19 heavy (non-hydrogen) atoms. The first-order valence-corrected chi connectivity index (χ1v) is 5.85. The molecule has 0 atom stereocenters. The van der Waals surface area contributed by atoms with Crippen molar-refractivity contribution in [3.8, 4) is 6.07 Å². The van der Waals surface area contributed by atoms with E-state index in [0.29, 0.717) is 22.5 Å². The summed E-state index contributed by atoms with van der Waals surface area (Å²) < 4.78 is 0. The molecular weight excluding hydrogens is 240 g/mol. The molecule has 1 N–H and O–H groups in total. The average molecular weight is 254 g/mol. The van der Waals surface area contributed by atoms with E-state index in [1.54, 1.807) is 45.2 Å². The topological polar surface area (TPSA) is 72.8 Å². The van der Waals surface area contributed by atoms with E-state index in [4.69, 9.17) is 5.26 Å². The lowest BCUT2D eigenvalue weighted by Gasteiger charge is -2.18. The Morgan fingerprint density at radius 2 is 2.05 bits per heavy atom. The molecule has 0 radical (unpaired) electrons. The van der Waals surface area contributed by atoms with Crippen molar-refractivity contribution in [2.75, 3.05) is 11.9 Å². The molecule has 0 spiro atoms. The van der Waals surface area contributed by atoms with Crippen LogP contribution in [0.1, 0.15) is 27.3 Å². The summed E-state index contributed by atoms with van der Waals surface area (Å²) in [7, 11) is 1.66. The van der Waals surface area contributed by atoms with Gasteiger partial charge in [-0.2, -0.15) is 10.4 Å². The van der Waals surface area contributed by atoms with Crippen LogP contribution < -0.4 is 4.90 Å². The van der Waals surface area contributed by atoms with E-state index in [9.17, 15) is 4.79 Å². The van der Waals surface area contributed by atoms with E-state index < -0.39 is 0 Å². The second-order valence-corrected chi connectivity index (χ2v) is 4.30. The second kappa shape index (κ2) is 4.94. The Morgan fingerprint density at radius 1 is 1.37 bits per heavy atom. The van der Waals surface area contributed by atoms with Crippen LogP contribution >= 0.6 is 0 Å². The molecule has 2 rings (SSSR count). The molecule has 2 aromatic rings. The maximum Gasteiger partial charge on any atom is 0.261 e. The summed E-state index contributed by atoms with van der Waals surface area (Å²) in [5.41, 5.74) is 3.00. The highest BCUT2D eigenvalue weighted by Gasteiger charge is 2.21. The highest BCUT2D eigenvalue weighted by Crippen LogP contribution is 2.21. The van der Waals surface area contributed by atoms with E-state index in [0.717, 1.165) is 5.69 Å². The fourth-order valence-corrected chi connectivity index (χ4v) is 2.00. The predicted octanol–water partition coefficient (Wildman–Crippen LogP) is 2.17. The van der Waals surface area contributed by atoms with Crippen LogP contribution in [0.15, 0.2) is 24.3 Å². The van der Waals surface area contributed by atoms with Crippen molar-refractivity contribution in [3.63, 3.8) is 0 Å². The van der Waals surface area contributed by atoms with Gasteiger partial charge < -0.3 is 4.90 Å². The van der Waals surface area contributed by atoms with Crippen molar-refractivity contribution in [1.29, 1.82) is 5.26 Å². The number of H-pyrrole nitrogens is 1. The van der Waals surface area contributed by atoms with Crippen molar-refractivity contribution in [3.05, 3.63) is 46.8 Å². The van der Waals surface area contributed by atoms with E-state index in [-0.39, 0.29) is 5.91 Å². The normalized spacial score (nSPS) is 10.0. The van der Waals surface area contributed by atoms with Crippen LogP contribution in [-0.2, 0) is 0 Å². The highest BCUT2D eigenvalue weighted by atomic mass is 16.2. The number of aromatic nitrogens is 2. The summed E-state index contributed by atoms with van der Waals surface area (Å²) in [6.07, 6.45) is 0. The predicted molar refractivity (Wildman–Crippen MR) is 72.0 cm³/mol. The number of nitrogens with one attached hydrogen (secondary N) is 1. The van der Waals surface area contributed by atoms with Crippen LogP contribution in [0.2, 0.25) is 0 Å². The minimum atomic E-state index is -0.175. The number of aryl methyl sites for hydroxylation is 2. The van der Waals surface area contributed by atoms with Crippen LogP contribution in [-0.4, -0.2) is 23.2 Å². The number of benzene rings is 1. The quantitative estimate of drug-likeness (QED) is 0.892. The van der Waals surface area contributed by atoms with E-state index in [2.05, 4.69) is 16.3 Å². The van der Waals surface area contributed by atoms with Gasteiger partial charge in [-0.1, -0.05) is 12.1 Å². The number of rotatable bonds is 2. The Balaban J connectivity index is 2.43. The fraction of sp³-hybridized carbons (Fsp3) is 0.214. The maximum absolute atomic E-state index is 12.5. The number of nitrogens with zero attached hydrogens (tertiary/aromatic N) is 3. The first-order valence-electron chi connectivity index (χ1n) is 5.85. The fourth-order valence-electron chi connectivity index (χ4n) is 2.00. The zero-order chi connectivity index (χ0) is 14.0. The molecule has 0 saturated carbocycles. The summed E-state index contributed by atoms with van der Waals surface area (Å²) in [6.45, 7) is 3.58. The summed E-state index contributed by atoms with van der Waals surface area (Å²) in [5.74, 6) is -0.175. The largest absolute Gasteiger partial charge is 0.310 e. The standard InChI is InChI=1S/C14H14N4O/c1-9-13(10(2)17-16-9)14(19)18(3)12-7-5-4-6-11(12)8-15/h4-7H,1-3H3,(H,16,17). The molecule has 1 aromatic carbocycles. The molecule has 96 valence electrons. The van der Waals surface area contributed by atoms with Gasteiger partial charge in [-0.05, 0) is 26.0 Å². The van der Waals surface area contributed by atoms with Crippen molar-refractivity contribution in [2.45, 2.75) is 13.8 Å². The first kappa shape index (κ1) is 12.8. The van der Waals surface area contributed by atoms with Gasteiger partial charge in [0.05, 0.1) is 22.5 Å². The Hall–Kier alpha value is -2.61. The molecule has 5 heteroatoms.